The van der Waals surface area contributed by atoms with Gasteiger partial charge in [-0.25, -0.2) is 0 Å². The summed E-state index contributed by atoms with van der Waals surface area (Å²) in [7, 11) is 3.87. The highest BCUT2D eigenvalue weighted by atomic mass is 33.1. The van der Waals surface area contributed by atoms with E-state index in [0.29, 0.717) is 0 Å². The normalized spacial score (nSPS) is 9.70. The van der Waals surface area contributed by atoms with E-state index in [1.165, 1.54) is 25.0 Å². The second kappa shape index (κ2) is 9.44. The van der Waals surface area contributed by atoms with Gasteiger partial charge in [-0.15, -0.1) is 6.58 Å². The number of rotatable bonds is 7. The Labute approximate surface area is 72.3 Å². The predicted molar refractivity (Wildman–Crippen MR) is 54.6 cm³/mol. The van der Waals surface area contributed by atoms with E-state index in [9.17, 15) is 0 Å². The summed E-state index contributed by atoms with van der Waals surface area (Å²) >= 11 is 0. The van der Waals surface area contributed by atoms with Crippen molar-refractivity contribution >= 4 is 21.6 Å². The lowest BCUT2D eigenvalue weighted by atomic mass is 10.3. The lowest BCUT2D eigenvalue weighted by molar-refractivity contribution is 0.780. The summed E-state index contributed by atoms with van der Waals surface area (Å²) in [5.74, 6) is 2.38. The van der Waals surface area contributed by atoms with Crippen molar-refractivity contribution in [2.24, 2.45) is 0 Å². The minimum atomic E-state index is 1.08. The van der Waals surface area contributed by atoms with Crippen molar-refractivity contribution < 1.29 is 0 Å². The maximum absolute atomic E-state index is 3.66. The van der Waals surface area contributed by atoms with Crippen LogP contribution in [-0.2, 0) is 0 Å². The molecule has 0 saturated carbocycles. The predicted octanol–water partition coefficient (Wildman–Crippen LogP) is 3.74. The molecule has 0 spiro atoms. The number of hydrogen-bond donors (Lipinski definition) is 0. The van der Waals surface area contributed by atoms with Crippen molar-refractivity contribution in [1.29, 1.82) is 0 Å². The second-order valence-electron chi connectivity index (χ2n) is 2.10. The first-order chi connectivity index (χ1) is 4.91. The third kappa shape index (κ3) is 8.44. The molecular formula is C8H16S2. The van der Waals surface area contributed by atoms with Crippen LogP contribution < -0.4 is 0 Å². The van der Waals surface area contributed by atoms with Crippen LogP contribution in [0.2, 0.25) is 0 Å². The van der Waals surface area contributed by atoms with Gasteiger partial charge in [-0.05, 0) is 6.42 Å². The van der Waals surface area contributed by atoms with E-state index in [-0.39, 0.29) is 0 Å². The van der Waals surface area contributed by atoms with E-state index in [4.69, 9.17) is 0 Å². The van der Waals surface area contributed by atoms with Gasteiger partial charge in [0.2, 0.25) is 0 Å². The Morgan fingerprint density at radius 1 is 1.30 bits per heavy atom. The largest absolute Gasteiger partial charge is 0.102 e. The number of hydrogen-bond acceptors (Lipinski definition) is 2. The van der Waals surface area contributed by atoms with E-state index in [1.807, 2.05) is 27.7 Å². The minimum Gasteiger partial charge on any atom is -0.102 e. The molecule has 0 amide bonds. The lowest BCUT2D eigenvalue weighted by Gasteiger charge is -1.96. The van der Waals surface area contributed by atoms with Crippen LogP contribution in [0, 0.1) is 0 Å². The van der Waals surface area contributed by atoms with Gasteiger partial charge in [0, 0.05) is 11.5 Å². The third-order valence-electron chi connectivity index (χ3n) is 1.10. The molecular weight excluding hydrogens is 160 g/mol. The van der Waals surface area contributed by atoms with Crippen molar-refractivity contribution in [1.82, 2.24) is 0 Å². The van der Waals surface area contributed by atoms with Gasteiger partial charge < -0.3 is 0 Å². The van der Waals surface area contributed by atoms with Crippen LogP contribution in [0.15, 0.2) is 12.7 Å². The molecule has 0 nitrogen and oxygen atoms in total. The molecule has 0 rings (SSSR count). The summed E-state index contributed by atoms with van der Waals surface area (Å²) in [6.45, 7) is 5.90. The first kappa shape index (κ1) is 10.4. The van der Waals surface area contributed by atoms with Crippen LogP contribution in [-0.4, -0.2) is 11.5 Å². The molecule has 0 aliphatic heterocycles. The summed E-state index contributed by atoms with van der Waals surface area (Å²) in [5.41, 5.74) is 0. The highest BCUT2D eigenvalue weighted by molar-refractivity contribution is 8.76. The molecule has 10 heavy (non-hydrogen) atoms. The maximum Gasteiger partial charge on any atom is 0.0215 e. The molecule has 0 saturated heterocycles. The van der Waals surface area contributed by atoms with Crippen LogP contribution in [0.4, 0.5) is 0 Å². The average molecular weight is 176 g/mol. The topological polar surface area (TPSA) is 0 Å². The fraction of sp³-hybridized carbons (Fsp3) is 0.750. The summed E-state index contributed by atoms with van der Waals surface area (Å²) < 4.78 is 0. The zero-order valence-electron chi connectivity index (χ0n) is 6.64. The van der Waals surface area contributed by atoms with E-state index in [1.54, 1.807) is 0 Å². The summed E-state index contributed by atoms with van der Waals surface area (Å²) in [6, 6.07) is 0. The van der Waals surface area contributed by atoms with Gasteiger partial charge in [-0.3, -0.25) is 0 Å². The standard InChI is InChI=1S/C8H16S2/c1-3-5-6-8-10-9-7-4-2/h4H,2-3,5-8H2,1H3. The lowest BCUT2D eigenvalue weighted by Crippen LogP contribution is -1.76. The smallest absolute Gasteiger partial charge is 0.0215 e. The Morgan fingerprint density at radius 3 is 2.70 bits per heavy atom. The molecule has 0 aromatic rings. The van der Waals surface area contributed by atoms with Gasteiger partial charge in [0.1, 0.15) is 0 Å². The van der Waals surface area contributed by atoms with Crippen molar-refractivity contribution in [2.75, 3.05) is 11.5 Å². The molecule has 0 aromatic heterocycles. The van der Waals surface area contributed by atoms with Gasteiger partial charge in [0.05, 0.1) is 0 Å². The molecule has 0 aliphatic rings. The summed E-state index contributed by atoms with van der Waals surface area (Å²) in [5, 5.41) is 0. The van der Waals surface area contributed by atoms with E-state index >= 15 is 0 Å². The molecule has 2 heteroatoms. The molecule has 0 unspecified atom stereocenters. The van der Waals surface area contributed by atoms with Crippen LogP contribution in [0.25, 0.3) is 0 Å². The second-order valence-corrected chi connectivity index (χ2v) is 4.73. The van der Waals surface area contributed by atoms with Gasteiger partial charge in [0.15, 0.2) is 0 Å². The molecule has 0 N–H and O–H groups in total. The van der Waals surface area contributed by atoms with E-state index in [0.717, 1.165) is 5.75 Å². The zero-order chi connectivity index (χ0) is 7.66. The molecule has 0 bridgehead atoms. The van der Waals surface area contributed by atoms with Crippen LogP contribution in [0.3, 0.4) is 0 Å². The monoisotopic (exact) mass is 176 g/mol. The van der Waals surface area contributed by atoms with Crippen LogP contribution in [0.1, 0.15) is 26.2 Å². The Balaban J connectivity index is 2.70. The molecule has 0 aromatic carbocycles. The average Bonchev–Trinajstić information content (AvgIpc) is 1.97. The molecule has 0 aliphatic carbocycles. The van der Waals surface area contributed by atoms with Crippen molar-refractivity contribution in [3.05, 3.63) is 12.7 Å². The van der Waals surface area contributed by atoms with Gasteiger partial charge in [0.25, 0.3) is 0 Å². The Morgan fingerprint density at radius 2 is 2.10 bits per heavy atom. The van der Waals surface area contributed by atoms with Gasteiger partial charge >= 0.3 is 0 Å². The minimum absolute atomic E-state index is 1.08. The first-order valence-electron chi connectivity index (χ1n) is 3.77. The Hall–Kier alpha value is 0.440. The Bertz CT molecular complexity index is 71.7. The fourth-order valence-corrected chi connectivity index (χ4v) is 2.48. The van der Waals surface area contributed by atoms with Crippen molar-refractivity contribution in [2.45, 2.75) is 26.2 Å². The fourth-order valence-electron chi connectivity index (χ4n) is 0.566. The van der Waals surface area contributed by atoms with Gasteiger partial charge in [-0.2, -0.15) is 0 Å². The third-order valence-corrected chi connectivity index (χ3v) is 3.50. The van der Waals surface area contributed by atoms with Crippen LogP contribution >= 0.6 is 21.6 Å². The highest BCUT2D eigenvalue weighted by Crippen LogP contribution is 2.22. The zero-order valence-corrected chi connectivity index (χ0v) is 8.27. The summed E-state index contributed by atoms with van der Waals surface area (Å²) in [4.78, 5) is 0. The van der Waals surface area contributed by atoms with Crippen LogP contribution in [0.5, 0.6) is 0 Å². The molecule has 0 radical (unpaired) electrons. The van der Waals surface area contributed by atoms with Crippen molar-refractivity contribution in [3.8, 4) is 0 Å². The maximum atomic E-state index is 3.66. The molecule has 60 valence electrons. The van der Waals surface area contributed by atoms with E-state index in [2.05, 4.69) is 13.5 Å². The summed E-state index contributed by atoms with van der Waals surface area (Å²) in [6.07, 6.45) is 6.02. The number of unbranched alkanes of at least 4 members (excludes halogenated alkanes) is 2. The molecule has 0 atom stereocenters. The van der Waals surface area contributed by atoms with Crippen molar-refractivity contribution in [3.63, 3.8) is 0 Å². The van der Waals surface area contributed by atoms with Gasteiger partial charge in [-0.1, -0.05) is 47.4 Å². The molecule has 0 fully saturated rings. The highest BCUT2D eigenvalue weighted by Gasteiger charge is 1.87. The SMILES string of the molecule is C=CCSSCCCCC. The quantitative estimate of drug-likeness (QED) is 0.329. The van der Waals surface area contributed by atoms with E-state index < -0.39 is 0 Å². The Kier molecular flexibility index (Phi) is 9.86. The first-order valence-corrected chi connectivity index (χ1v) is 6.26. The molecule has 0 heterocycles.